The topological polar surface area (TPSA) is 70.1 Å². The van der Waals surface area contributed by atoms with Gasteiger partial charge in [-0.05, 0) is 29.7 Å². The Hall–Kier alpha value is -2.21. The van der Waals surface area contributed by atoms with Crippen molar-refractivity contribution in [3.05, 3.63) is 53.6 Å². The van der Waals surface area contributed by atoms with E-state index in [4.69, 9.17) is 10.5 Å². The van der Waals surface area contributed by atoms with Crippen LogP contribution in [-0.4, -0.2) is 29.4 Å². The van der Waals surface area contributed by atoms with E-state index in [-0.39, 0.29) is 6.54 Å². The van der Waals surface area contributed by atoms with Crippen LogP contribution < -0.4 is 5.73 Å². The molecule has 0 fully saturated rings. The molecule has 1 atom stereocenters. The Morgan fingerprint density at radius 1 is 1.52 bits per heavy atom. The first-order chi connectivity index (χ1) is 10.0. The maximum Gasteiger partial charge on any atom is 0.317 e. The lowest BCUT2D eigenvalue weighted by atomic mass is 9.76. The number of hydrogen-bond acceptors (Lipinski definition) is 4. The minimum atomic E-state index is -1.13. The molecule has 5 nitrogen and oxygen atoms in total. The van der Waals surface area contributed by atoms with Crippen LogP contribution in [0.5, 0.6) is 0 Å². The fourth-order valence-electron chi connectivity index (χ4n) is 2.46. The van der Waals surface area contributed by atoms with Gasteiger partial charge in [-0.25, -0.2) is 4.39 Å². The minimum Gasteiger partial charge on any atom is -0.468 e. The van der Waals surface area contributed by atoms with Crippen LogP contribution in [0.25, 0.3) is 0 Å². The van der Waals surface area contributed by atoms with E-state index in [1.165, 1.54) is 19.2 Å². The van der Waals surface area contributed by atoms with E-state index in [2.05, 4.69) is 5.10 Å². The van der Waals surface area contributed by atoms with Gasteiger partial charge in [-0.3, -0.25) is 9.48 Å². The highest BCUT2D eigenvalue weighted by Gasteiger charge is 2.41. The van der Waals surface area contributed by atoms with Crippen LogP contribution in [-0.2, 0) is 28.4 Å². The number of nitrogens with zero attached hydrogens (tertiary/aromatic N) is 2. The Labute approximate surface area is 122 Å². The van der Waals surface area contributed by atoms with Crippen LogP contribution in [0.4, 0.5) is 4.39 Å². The first kappa shape index (κ1) is 15.2. The molecule has 1 unspecified atom stereocenters. The van der Waals surface area contributed by atoms with Gasteiger partial charge >= 0.3 is 5.97 Å². The van der Waals surface area contributed by atoms with Gasteiger partial charge in [-0.1, -0.05) is 12.1 Å². The van der Waals surface area contributed by atoms with E-state index in [0.29, 0.717) is 12.0 Å². The number of benzene rings is 1. The van der Waals surface area contributed by atoms with Crippen LogP contribution >= 0.6 is 0 Å². The van der Waals surface area contributed by atoms with Crippen molar-refractivity contribution in [2.24, 2.45) is 12.8 Å². The summed E-state index contributed by atoms with van der Waals surface area (Å²) in [5.41, 5.74) is 6.08. The van der Waals surface area contributed by atoms with Crippen molar-refractivity contribution in [3.63, 3.8) is 0 Å². The van der Waals surface area contributed by atoms with Crippen molar-refractivity contribution in [3.8, 4) is 0 Å². The second-order valence-electron chi connectivity index (χ2n) is 4.99. The molecule has 1 aromatic heterocycles. The van der Waals surface area contributed by atoms with Crippen LogP contribution in [0.1, 0.15) is 11.1 Å². The molecule has 0 bridgehead atoms. The molecule has 0 amide bonds. The Morgan fingerprint density at radius 3 is 2.81 bits per heavy atom. The molecule has 2 rings (SSSR count). The number of aryl methyl sites for hydroxylation is 1. The van der Waals surface area contributed by atoms with E-state index in [0.717, 1.165) is 5.56 Å². The molecule has 0 aliphatic rings. The second-order valence-corrected chi connectivity index (χ2v) is 4.99. The Kier molecular flexibility index (Phi) is 4.37. The van der Waals surface area contributed by atoms with Gasteiger partial charge in [0.25, 0.3) is 0 Å². The highest BCUT2D eigenvalue weighted by atomic mass is 19.1. The van der Waals surface area contributed by atoms with Gasteiger partial charge in [0.05, 0.1) is 13.3 Å². The highest BCUT2D eigenvalue weighted by molar-refractivity contribution is 5.84. The lowest BCUT2D eigenvalue weighted by molar-refractivity contribution is -0.147. The minimum absolute atomic E-state index is 0.0119. The molecule has 0 spiro atoms. The summed E-state index contributed by atoms with van der Waals surface area (Å²) in [5.74, 6) is -0.903. The third kappa shape index (κ3) is 2.95. The summed E-state index contributed by atoms with van der Waals surface area (Å²) in [6, 6.07) is 5.89. The van der Waals surface area contributed by atoms with Crippen LogP contribution in [0.2, 0.25) is 0 Å². The summed E-state index contributed by atoms with van der Waals surface area (Å²) < 4.78 is 20.1. The third-order valence-corrected chi connectivity index (χ3v) is 3.57. The maximum atomic E-state index is 13.5. The summed E-state index contributed by atoms with van der Waals surface area (Å²) in [5, 5.41) is 4.08. The second kappa shape index (κ2) is 6.05. The van der Waals surface area contributed by atoms with Crippen molar-refractivity contribution in [1.82, 2.24) is 9.78 Å². The molecule has 0 saturated carbocycles. The number of hydrogen-bond donors (Lipinski definition) is 1. The van der Waals surface area contributed by atoms with E-state index >= 15 is 0 Å². The summed E-state index contributed by atoms with van der Waals surface area (Å²) in [7, 11) is 3.09. The van der Waals surface area contributed by atoms with Crippen LogP contribution in [0.3, 0.4) is 0 Å². The normalized spacial score (nSPS) is 13.7. The van der Waals surface area contributed by atoms with Gasteiger partial charge in [0.2, 0.25) is 0 Å². The third-order valence-electron chi connectivity index (χ3n) is 3.57. The quantitative estimate of drug-likeness (QED) is 0.840. The van der Waals surface area contributed by atoms with E-state index < -0.39 is 17.2 Å². The van der Waals surface area contributed by atoms with Gasteiger partial charge in [0, 0.05) is 19.8 Å². The van der Waals surface area contributed by atoms with E-state index in [1.807, 2.05) is 0 Å². The zero-order valence-electron chi connectivity index (χ0n) is 12.0. The molecule has 0 aliphatic carbocycles. The monoisotopic (exact) mass is 291 g/mol. The molecule has 1 heterocycles. The SMILES string of the molecule is COC(=O)C(CN)(Cc1cnn(C)c1)c1cccc(F)c1. The number of nitrogens with two attached hydrogens (primary N) is 1. The summed E-state index contributed by atoms with van der Waals surface area (Å²) >= 11 is 0. The average molecular weight is 291 g/mol. The van der Waals surface area contributed by atoms with Gasteiger partial charge in [0.1, 0.15) is 11.2 Å². The molecule has 2 N–H and O–H groups in total. The molecule has 0 radical (unpaired) electrons. The van der Waals surface area contributed by atoms with Crippen molar-refractivity contribution in [2.45, 2.75) is 11.8 Å². The molecule has 2 aromatic rings. The molecular weight excluding hydrogens is 273 g/mol. The number of carbonyl (C=O) groups excluding carboxylic acids is 1. The Morgan fingerprint density at radius 2 is 2.29 bits per heavy atom. The number of halogens is 1. The van der Waals surface area contributed by atoms with Crippen LogP contribution in [0, 0.1) is 5.82 Å². The number of esters is 1. The van der Waals surface area contributed by atoms with E-state index in [1.54, 1.807) is 36.3 Å². The Bertz CT molecular complexity index is 641. The largest absolute Gasteiger partial charge is 0.468 e. The van der Waals surface area contributed by atoms with Crippen molar-refractivity contribution >= 4 is 5.97 Å². The van der Waals surface area contributed by atoms with Crippen molar-refractivity contribution in [2.75, 3.05) is 13.7 Å². The van der Waals surface area contributed by atoms with Gasteiger partial charge < -0.3 is 10.5 Å². The molecule has 1 aromatic carbocycles. The molecule has 0 saturated heterocycles. The smallest absolute Gasteiger partial charge is 0.317 e. The molecular formula is C15H18FN3O2. The fraction of sp³-hybridized carbons (Fsp3) is 0.333. The number of rotatable bonds is 5. The van der Waals surface area contributed by atoms with Crippen molar-refractivity contribution in [1.29, 1.82) is 0 Å². The zero-order valence-corrected chi connectivity index (χ0v) is 12.0. The highest BCUT2D eigenvalue weighted by Crippen LogP contribution is 2.29. The number of aromatic nitrogens is 2. The number of carbonyl (C=O) groups is 1. The van der Waals surface area contributed by atoms with Gasteiger partial charge in [-0.2, -0.15) is 5.10 Å². The summed E-state index contributed by atoms with van der Waals surface area (Å²) in [6.45, 7) is 0.0119. The van der Waals surface area contributed by atoms with E-state index in [9.17, 15) is 9.18 Å². The number of ether oxygens (including phenoxy) is 1. The standard InChI is InChI=1S/C15H18FN3O2/c1-19-9-11(8-18-19)7-15(10-17,14(20)21-2)12-4-3-5-13(16)6-12/h3-6,8-9H,7,10,17H2,1-2H3. The fourth-order valence-corrected chi connectivity index (χ4v) is 2.46. The predicted octanol–water partition coefficient (Wildman–Crippen LogP) is 1.17. The average Bonchev–Trinajstić information content (AvgIpc) is 2.89. The predicted molar refractivity (Wildman–Crippen MR) is 76.1 cm³/mol. The first-order valence-electron chi connectivity index (χ1n) is 6.54. The maximum absolute atomic E-state index is 13.5. The van der Waals surface area contributed by atoms with Crippen molar-refractivity contribution < 1.29 is 13.9 Å². The molecule has 21 heavy (non-hydrogen) atoms. The number of methoxy groups -OCH3 is 1. The molecule has 112 valence electrons. The van der Waals surface area contributed by atoms with Gasteiger partial charge in [-0.15, -0.1) is 0 Å². The zero-order chi connectivity index (χ0) is 15.5. The first-order valence-corrected chi connectivity index (χ1v) is 6.54. The molecule has 6 heteroatoms. The lowest BCUT2D eigenvalue weighted by Gasteiger charge is -2.29. The molecule has 0 aliphatic heterocycles. The summed E-state index contributed by atoms with van der Waals surface area (Å²) in [6.07, 6.45) is 3.76. The van der Waals surface area contributed by atoms with Crippen LogP contribution in [0.15, 0.2) is 36.7 Å². The Balaban J connectivity index is 2.50. The summed E-state index contributed by atoms with van der Waals surface area (Å²) in [4.78, 5) is 12.3. The lowest BCUT2D eigenvalue weighted by Crippen LogP contribution is -2.45. The van der Waals surface area contributed by atoms with Gasteiger partial charge in [0.15, 0.2) is 0 Å².